The number of hydrogen-bond acceptors (Lipinski definition) is 3. The van der Waals surface area contributed by atoms with Gasteiger partial charge in [0.25, 0.3) is 0 Å². The predicted octanol–water partition coefficient (Wildman–Crippen LogP) is -0.685. The van der Waals surface area contributed by atoms with Gasteiger partial charge in [-0.2, -0.15) is 0 Å². The van der Waals surface area contributed by atoms with Crippen LogP contribution in [0.2, 0.25) is 0.0125 Å². The second-order valence-corrected chi connectivity index (χ2v) is 4.53. The van der Waals surface area contributed by atoms with Gasteiger partial charge >= 0.3 is 78.8 Å². The van der Waals surface area contributed by atoms with E-state index in [1.807, 2.05) is 0 Å². The molecule has 0 aromatic rings. The van der Waals surface area contributed by atoms with Crippen LogP contribution in [0.1, 0.15) is 13.8 Å². The van der Waals surface area contributed by atoms with Gasteiger partial charge in [0.15, 0.2) is 0 Å². The molecule has 58 valence electrons. The number of hydrogen-bond donors (Lipinski definition) is 3. The Morgan fingerprint density at radius 1 is 1.40 bits per heavy atom. The van der Waals surface area contributed by atoms with Gasteiger partial charge in [0.1, 0.15) is 0 Å². The van der Waals surface area contributed by atoms with Gasteiger partial charge in [-0.15, -0.1) is 0 Å². The molecule has 0 heterocycles. The van der Waals surface area contributed by atoms with Gasteiger partial charge in [-0.05, 0) is 6.92 Å². The van der Waals surface area contributed by atoms with Crippen LogP contribution in [0.5, 0.6) is 0 Å². The average molecular weight is 174 g/mol. The minimum atomic E-state index is -0.301. The first-order valence-electron chi connectivity index (χ1n) is 3.49. The first-order chi connectivity index (χ1) is 4.59. The van der Waals surface area contributed by atoms with E-state index < -0.39 is 0 Å². The summed E-state index contributed by atoms with van der Waals surface area (Å²) < 4.78 is 0.201. The minimum absolute atomic E-state index is 0.150. The van der Waals surface area contributed by atoms with Crippen molar-refractivity contribution in [3.8, 4) is 0 Å². The molecule has 0 rings (SSSR count). The van der Waals surface area contributed by atoms with Gasteiger partial charge in [-0.25, -0.2) is 0 Å². The molecule has 4 heteroatoms. The van der Waals surface area contributed by atoms with Crippen LogP contribution in [0, 0.1) is 0 Å². The van der Waals surface area contributed by atoms with E-state index in [1.54, 1.807) is 13.8 Å². The summed E-state index contributed by atoms with van der Waals surface area (Å²) in [6.45, 7) is 3.80. The zero-order valence-electron chi connectivity index (χ0n) is 6.91. The minimum Gasteiger partial charge on any atom is -0.397 e. The molecule has 0 radical (unpaired) electrons. The Balaban J connectivity index is 0. The Morgan fingerprint density at radius 3 is 1.70 bits per heavy atom. The van der Waals surface area contributed by atoms with E-state index in [4.69, 9.17) is 15.3 Å². The van der Waals surface area contributed by atoms with Gasteiger partial charge in [0.05, 0.1) is 0 Å². The van der Waals surface area contributed by atoms with E-state index in [0.717, 1.165) is 0 Å². The van der Waals surface area contributed by atoms with Gasteiger partial charge in [0.2, 0.25) is 0 Å². The van der Waals surface area contributed by atoms with E-state index in [2.05, 4.69) is 0 Å². The van der Waals surface area contributed by atoms with Crippen molar-refractivity contribution in [2.75, 3.05) is 13.2 Å². The van der Waals surface area contributed by atoms with Crippen LogP contribution in [0.4, 0.5) is 0 Å². The van der Waals surface area contributed by atoms with Crippen molar-refractivity contribution in [3.63, 3.8) is 0 Å². The summed E-state index contributed by atoms with van der Waals surface area (Å²) in [6, 6.07) is 0. The summed E-state index contributed by atoms with van der Waals surface area (Å²) in [6.07, 6.45) is -0.301. The molecule has 2 atom stereocenters. The van der Waals surface area contributed by atoms with Crippen molar-refractivity contribution in [2.45, 2.75) is 20.0 Å². The van der Waals surface area contributed by atoms with E-state index in [1.165, 1.54) is 0 Å². The average Bonchev–Trinajstić information content (AvgIpc) is 1.88. The summed E-state index contributed by atoms with van der Waals surface area (Å²) in [5, 5.41) is 24.7. The summed E-state index contributed by atoms with van der Waals surface area (Å²) >= 11 is 0.552. The van der Waals surface area contributed by atoms with Crippen molar-refractivity contribution in [1.29, 1.82) is 0 Å². The Kier molecular flexibility index (Phi) is 14.8. The van der Waals surface area contributed by atoms with Gasteiger partial charge in [-0.3, -0.25) is 0 Å². The molecular weight excluding hydrogens is 159 g/mol. The first-order valence-corrected chi connectivity index (χ1v) is 5.30. The van der Waals surface area contributed by atoms with E-state index in [9.17, 15) is 0 Å². The largest absolute Gasteiger partial charge is 0.397 e. The molecule has 0 aliphatic rings. The maximum Gasteiger partial charge on any atom is 0.0402 e. The molecule has 0 aromatic heterocycles. The molecule has 3 N–H and O–H groups in total. The number of rotatable bonds is 2. The molecule has 0 aliphatic heterocycles. The maximum absolute atomic E-state index is 8.71. The second kappa shape index (κ2) is 10.5. The molecule has 0 amide bonds. The predicted molar refractivity (Wildman–Crippen MR) is 41.0 cm³/mol. The van der Waals surface area contributed by atoms with Crippen LogP contribution in [-0.4, -0.2) is 83.6 Å². The molecule has 0 aliphatic carbocycles. The van der Waals surface area contributed by atoms with Crippen molar-refractivity contribution in [1.82, 2.24) is 0 Å². The van der Waals surface area contributed by atoms with Crippen LogP contribution >= 0.6 is 0 Å². The van der Waals surface area contributed by atoms with Gasteiger partial charge < -0.3 is 5.11 Å². The molecule has 0 saturated carbocycles. The molecule has 0 bridgehead atoms. The monoisotopic (exact) mass is 174 g/mol. The Labute approximate surface area is 96.0 Å². The zero-order chi connectivity index (χ0) is 8.57. The summed E-state index contributed by atoms with van der Waals surface area (Å²) in [5.74, 6) is 0. The zero-order valence-corrected chi connectivity index (χ0v) is 10.0. The van der Waals surface area contributed by atoms with E-state index in [0.29, 0.717) is 49.0 Å². The Morgan fingerprint density at radius 2 is 1.70 bits per heavy atom. The smallest absolute Gasteiger partial charge is 0.0402 e. The molecule has 3 nitrogen and oxygen atoms in total. The Hall–Kier alpha value is 1.52. The fourth-order valence-electron chi connectivity index (χ4n) is 0.153. The van der Waals surface area contributed by atoms with Crippen LogP contribution in [0.3, 0.4) is 0 Å². The summed E-state index contributed by atoms with van der Waals surface area (Å²) in [4.78, 5) is 0. The normalized spacial score (nSPS) is 15.1. The van der Waals surface area contributed by atoms with Crippen molar-refractivity contribution in [3.05, 3.63) is 0 Å². The fraction of sp³-hybridized carbons (Fsp3) is 1.00. The third-order valence-electron chi connectivity index (χ3n) is 1.11. The third-order valence-corrected chi connectivity index (χ3v) is 3.19. The maximum atomic E-state index is 8.71. The van der Waals surface area contributed by atoms with Crippen LogP contribution in [0.15, 0.2) is 0 Å². The van der Waals surface area contributed by atoms with E-state index in [-0.39, 0.29) is 19.3 Å². The molecular formula is C6H15KO3. The standard InChI is InChI=1S/C4H9O2.C2H6O.K/c1-4(6)2-3-5;1-2-3;/h2,4-6H,3H2,1H3;3H,2H2,1H3;. The second-order valence-electron chi connectivity index (χ2n) is 2.22. The molecule has 0 saturated heterocycles. The van der Waals surface area contributed by atoms with Crippen LogP contribution in [0.25, 0.3) is 0 Å². The van der Waals surface area contributed by atoms with Gasteiger partial charge in [-0.1, -0.05) is 0 Å². The third kappa shape index (κ3) is 12.2. The SMILES string of the molecule is CC(O)[CH]([K])CO.CCO. The molecule has 0 spiro atoms. The molecule has 2 unspecified atom stereocenters. The molecule has 0 aromatic carbocycles. The summed E-state index contributed by atoms with van der Waals surface area (Å²) in [7, 11) is 0. The van der Waals surface area contributed by atoms with Crippen molar-refractivity contribution >= 4 is 49.0 Å². The quantitative estimate of drug-likeness (QED) is 0.486. The van der Waals surface area contributed by atoms with Crippen LogP contribution < -0.4 is 0 Å². The van der Waals surface area contributed by atoms with E-state index >= 15 is 0 Å². The molecule has 0 fully saturated rings. The van der Waals surface area contributed by atoms with Crippen LogP contribution in [-0.2, 0) is 0 Å². The van der Waals surface area contributed by atoms with Crippen molar-refractivity contribution in [2.24, 2.45) is 0 Å². The molecule has 10 heavy (non-hydrogen) atoms. The van der Waals surface area contributed by atoms with Crippen molar-refractivity contribution < 1.29 is 15.3 Å². The van der Waals surface area contributed by atoms with Gasteiger partial charge in [0, 0.05) is 6.61 Å². The fourth-order valence-corrected chi connectivity index (χ4v) is 0.153. The Bertz CT molecular complexity index is 59.0. The number of aliphatic hydroxyl groups is 3. The number of aliphatic hydroxyl groups excluding tert-OH is 3. The topological polar surface area (TPSA) is 60.7 Å². The summed E-state index contributed by atoms with van der Waals surface area (Å²) in [5.41, 5.74) is 0. The first kappa shape index (κ1) is 14.1.